The minimum Gasteiger partial charge on any atom is -0.481 e. The maximum absolute atomic E-state index is 12.5. The molecule has 1 aliphatic heterocycles. The van der Waals surface area contributed by atoms with Crippen LogP contribution in [-0.2, 0) is 4.79 Å². The summed E-state index contributed by atoms with van der Waals surface area (Å²) in [5.74, 6) is -0.225. The zero-order valence-electron chi connectivity index (χ0n) is 17.4. The predicted molar refractivity (Wildman–Crippen MR) is 128 cm³/mol. The van der Waals surface area contributed by atoms with Crippen LogP contribution in [0.25, 0.3) is 10.9 Å². The molecule has 0 bridgehead atoms. The molecule has 0 unspecified atom stereocenters. The summed E-state index contributed by atoms with van der Waals surface area (Å²) in [7, 11) is 0. The highest BCUT2D eigenvalue weighted by atomic mass is 35.5. The fraction of sp³-hybridized carbons (Fsp3) is 0.292. The van der Waals surface area contributed by atoms with Crippen LogP contribution in [0.3, 0.4) is 0 Å². The van der Waals surface area contributed by atoms with E-state index in [0.717, 1.165) is 22.4 Å². The van der Waals surface area contributed by atoms with Gasteiger partial charge in [0.25, 0.3) is 0 Å². The molecular weight excluding hydrogens is 449 g/mol. The van der Waals surface area contributed by atoms with Crippen LogP contribution in [0.1, 0.15) is 29.6 Å². The smallest absolute Gasteiger partial charge is 0.306 e. The normalized spacial score (nSPS) is 14.5. The van der Waals surface area contributed by atoms with Crippen LogP contribution in [0.4, 0.5) is 11.5 Å². The van der Waals surface area contributed by atoms with Gasteiger partial charge in [0.05, 0.1) is 27.2 Å². The van der Waals surface area contributed by atoms with E-state index in [-0.39, 0.29) is 18.1 Å². The molecule has 1 saturated heterocycles. The summed E-state index contributed by atoms with van der Waals surface area (Å²) in [5, 5.41) is 14.3. The fourth-order valence-corrected chi connectivity index (χ4v) is 4.47. The van der Waals surface area contributed by atoms with Crippen LogP contribution in [0.15, 0.2) is 48.5 Å². The van der Waals surface area contributed by atoms with Crippen molar-refractivity contribution in [1.82, 2.24) is 4.98 Å². The molecule has 4 rings (SSSR count). The first-order valence-corrected chi connectivity index (χ1v) is 11.3. The Hall–Kier alpha value is -2.83. The van der Waals surface area contributed by atoms with Crippen molar-refractivity contribution in [2.24, 2.45) is 5.92 Å². The van der Waals surface area contributed by atoms with Crippen LogP contribution in [0.2, 0.25) is 10.0 Å². The van der Waals surface area contributed by atoms with Crippen molar-refractivity contribution in [2.75, 3.05) is 29.9 Å². The van der Waals surface area contributed by atoms with Gasteiger partial charge in [-0.2, -0.15) is 0 Å². The molecule has 2 N–H and O–H groups in total. The number of carbonyl (C=O) groups is 2. The predicted octanol–water partition coefficient (Wildman–Crippen LogP) is 5.53. The largest absolute Gasteiger partial charge is 0.481 e. The molecular formula is C24H23Cl2N3O3. The minimum atomic E-state index is -0.727. The van der Waals surface area contributed by atoms with Crippen LogP contribution in [-0.4, -0.2) is 41.5 Å². The van der Waals surface area contributed by atoms with E-state index in [9.17, 15) is 14.7 Å². The third-order valence-electron chi connectivity index (χ3n) is 5.80. The maximum atomic E-state index is 12.5. The quantitative estimate of drug-likeness (QED) is 0.440. The molecule has 0 spiro atoms. The standard InChI is InChI=1S/C24H23Cl2N3O3/c25-18-4-2-1-3-16(18)21(30)9-12-27-23-17-5-8-22(28-20(17)7-6-19(23)26)29-13-10-15(11-14-29)24(31)32/h1-8,15,27H,9-14H2,(H,31,32). The number of nitrogens with zero attached hydrogens (tertiary/aromatic N) is 2. The number of carboxylic acids is 1. The minimum absolute atomic E-state index is 0.0374. The average Bonchev–Trinajstić information content (AvgIpc) is 2.80. The third-order valence-corrected chi connectivity index (χ3v) is 6.45. The highest BCUT2D eigenvalue weighted by Gasteiger charge is 2.25. The highest BCUT2D eigenvalue weighted by molar-refractivity contribution is 6.35. The van der Waals surface area contributed by atoms with Gasteiger partial charge in [0.1, 0.15) is 5.82 Å². The lowest BCUT2D eigenvalue weighted by Gasteiger charge is -2.31. The Morgan fingerprint density at radius 3 is 2.50 bits per heavy atom. The Balaban J connectivity index is 1.47. The summed E-state index contributed by atoms with van der Waals surface area (Å²) in [5.41, 5.74) is 2.03. The van der Waals surface area contributed by atoms with Gasteiger partial charge in [-0.25, -0.2) is 4.98 Å². The number of carbonyl (C=O) groups excluding carboxylic acids is 1. The van der Waals surface area contributed by atoms with Crippen molar-refractivity contribution >= 4 is 57.4 Å². The first-order chi connectivity index (χ1) is 15.4. The number of hydrogen-bond donors (Lipinski definition) is 2. The molecule has 32 heavy (non-hydrogen) atoms. The average molecular weight is 472 g/mol. The van der Waals surface area contributed by atoms with Gasteiger partial charge in [-0.15, -0.1) is 0 Å². The van der Waals surface area contributed by atoms with Crippen LogP contribution >= 0.6 is 23.2 Å². The number of ketones is 1. The number of halogens is 2. The van der Waals surface area contributed by atoms with Gasteiger partial charge in [-0.05, 0) is 49.2 Å². The van der Waals surface area contributed by atoms with E-state index in [1.165, 1.54) is 0 Å². The van der Waals surface area contributed by atoms with E-state index in [2.05, 4.69) is 10.2 Å². The SMILES string of the molecule is O=C(CCNc1c(Cl)ccc2nc(N3CCC(C(=O)O)CC3)ccc12)c1ccccc1Cl. The van der Waals surface area contributed by atoms with Gasteiger partial charge in [0, 0.05) is 37.0 Å². The number of piperidine rings is 1. The first-order valence-electron chi connectivity index (χ1n) is 10.5. The summed E-state index contributed by atoms with van der Waals surface area (Å²) in [6.07, 6.45) is 1.50. The summed E-state index contributed by atoms with van der Waals surface area (Å²) in [6, 6.07) is 14.6. The van der Waals surface area contributed by atoms with E-state index in [0.29, 0.717) is 48.1 Å². The molecule has 3 aromatic rings. The summed E-state index contributed by atoms with van der Waals surface area (Å²) in [4.78, 5) is 30.5. The van der Waals surface area contributed by atoms with Gasteiger partial charge >= 0.3 is 5.97 Å². The van der Waals surface area contributed by atoms with E-state index in [1.807, 2.05) is 18.2 Å². The van der Waals surface area contributed by atoms with E-state index in [1.54, 1.807) is 30.3 Å². The maximum Gasteiger partial charge on any atom is 0.306 e. The lowest BCUT2D eigenvalue weighted by molar-refractivity contribution is -0.142. The number of rotatable bonds is 7. The molecule has 1 aliphatic rings. The molecule has 0 radical (unpaired) electrons. The van der Waals surface area contributed by atoms with Gasteiger partial charge in [-0.3, -0.25) is 9.59 Å². The van der Waals surface area contributed by atoms with Crippen LogP contribution in [0.5, 0.6) is 0 Å². The molecule has 0 aliphatic carbocycles. The Morgan fingerprint density at radius 1 is 1.03 bits per heavy atom. The molecule has 2 heterocycles. The van der Waals surface area contributed by atoms with E-state index < -0.39 is 5.97 Å². The van der Waals surface area contributed by atoms with Crippen LogP contribution < -0.4 is 10.2 Å². The number of nitrogens with one attached hydrogen (secondary N) is 1. The van der Waals surface area contributed by atoms with E-state index in [4.69, 9.17) is 28.2 Å². The van der Waals surface area contributed by atoms with Crippen molar-refractivity contribution in [2.45, 2.75) is 19.3 Å². The van der Waals surface area contributed by atoms with Crippen molar-refractivity contribution in [3.05, 3.63) is 64.1 Å². The third kappa shape index (κ3) is 4.81. The summed E-state index contributed by atoms with van der Waals surface area (Å²) in [6.45, 7) is 1.74. The molecule has 0 atom stereocenters. The van der Waals surface area contributed by atoms with Crippen LogP contribution in [0, 0.1) is 5.92 Å². The highest BCUT2D eigenvalue weighted by Crippen LogP contribution is 2.32. The first kappa shape index (κ1) is 22.4. The number of benzene rings is 2. The molecule has 6 nitrogen and oxygen atoms in total. The molecule has 0 amide bonds. The zero-order chi connectivity index (χ0) is 22.7. The Morgan fingerprint density at radius 2 is 1.78 bits per heavy atom. The van der Waals surface area contributed by atoms with E-state index >= 15 is 0 Å². The number of aromatic nitrogens is 1. The van der Waals surface area contributed by atoms with Gasteiger partial charge in [0.2, 0.25) is 0 Å². The van der Waals surface area contributed by atoms with Gasteiger partial charge < -0.3 is 15.3 Å². The Kier molecular flexibility index (Phi) is 6.82. The second-order valence-electron chi connectivity index (χ2n) is 7.84. The molecule has 2 aromatic carbocycles. The van der Waals surface area contributed by atoms with Crippen molar-refractivity contribution in [1.29, 1.82) is 0 Å². The number of pyridine rings is 1. The van der Waals surface area contributed by atoms with Gasteiger partial charge in [-0.1, -0.05) is 35.3 Å². The molecule has 1 aromatic heterocycles. The zero-order valence-corrected chi connectivity index (χ0v) is 18.9. The Bertz CT molecular complexity index is 1160. The number of carboxylic acid groups (broad SMARTS) is 1. The number of hydrogen-bond acceptors (Lipinski definition) is 5. The number of aliphatic carboxylic acids is 1. The molecule has 166 valence electrons. The van der Waals surface area contributed by atoms with Crippen molar-refractivity contribution < 1.29 is 14.7 Å². The van der Waals surface area contributed by atoms with Crippen molar-refractivity contribution in [3.8, 4) is 0 Å². The number of Topliss-reactive ketones (excluding diaryl/α,β-unsaturated/α-hetero) is 1. The Labute approximate surface area is 196 Å². The lowest BCUT2D eigenvalue weighted by Crippen LogP contribution is -2.36. The fourth-order valence-electron chi connectivity index (χ4n) is 4.00. The monoisotopic (exact) mass is 471 g/mol. The van der Waals surface area contributed by atoms with Gasteiger partial charge in [0.15, 0.2) is 5.78 Å². The lowest BCUT2D eigenvalue weighted by atomic mass is 9.97. The number of fused-ring (bicyclic) bond motifs is 1. The topological polar surface area (TPSA) is 82.5 Å². The molecule has 1 fully saturated rings. The van der Waals surface area contributed by atoms with Crippen molar-refractivity contribution in [3.63, 3.8) is 0 Å². The molecule has 8 heteroatoms. The molecule has 0 saturated carbocycles. The summed E-state index contributed by atoms with van der Waals surface area (Å²) >= 11 is 12.5. The summed E-state index contributed by atoms with van der Waals surface area (Å²) < 4.78 is 0. The second-order valence-corrected chi connectivity index (χ2v) is 8.65. The number of anilines is 2. The second kappa shape index (κ2) is 9.76.